The van der Waals surface area contributed by atoms with E-state index in [4.69, 9.17) is 9.26 Å². The van der Waals surface area contributed by atoms with Gasteiger partial charge in [0.05, 0.1) is 18.8 Å². The normalized spacial score (nSPS) is 15.4. The van der Waals surface area contributed by atoms with Crippen molar-refractivity contribution < 1.29 is 9.26 Å². The molecule has 1 aromatic rings. The molecule has 1 aliphatic rings. The van der Waals surface area contributed by atoms with Crippen LogP contribution in [0.1, 0.15) is 44.1 Å². The molecule has 1 heterocycles. The van der Waals surface area contributed by atoms with Gasteiger partial charge in [-0.05, 0) is 24.7 Å². The lowest BCUT2D eigenvalue weighted by molar-refractivity contribution is 0.115. The molecule has 22 heavy (non-hydrogen) atoms. The van der Waals surface area contributed by atoms with Crippen LogP contribution < -0.4 is 5.32 Å². The summed E-state index contributed by atoms with van der Waals surface area (Å²) in [4.78, 5) is 6.35. The molecule has 0 saturated heterocycles. The van der Waals surface area contributed by atoms with Crippen molar-refractivity contribution in [3.05, 3.63) is 17.5 Å². The number of nitrogens with zero attached hydrogens (tertiary/aromatic N) is 3. The Labute approximate surface area is 132 Å². The summed E-state index contributed by atoms with van der Waals surface area (Å²) in [6.07, 6.45) is 2.66. The van der Waals surface area contributed by atoms with Crippen molar-refractivity contribution >= 4 is 5.96 Å². The van der Waals surface area contributed by atoms with Gasteiger partial charge in [0, 0.05) is 33.3 Å². The molecular weight excluding hydrogens is 280 g/mol. The number of hydrogen-bond donors (Lipinski definition) is 1. The van der Waals surface area contributed by atoms with Crippen LogP contribution in [0.25, 0.3) is 0 Å². The van der Waals surface area contributed by atoms with E-state index in [2.05, 4.69) is 34.2 Å². The van der Waals surface area contributed by atoms with Crippen LogP contribution >= 0.6 is 0 Å². The highest BCUT2D eigenvalue weighted by atomic mass is 16.5. The van der Waals surface area contributed by atoms with Crippen molar-refractivity contribution in [1.29, 1.82) is 0 Å². The summed E-state index contributed by atoms with van der Waals surface area (Å²) in [5, 5.41) is 7.35. The van der Waals surface area contributed by atoms with Crippen LogP contribution in [-0.4, -0.2) is 49.9 Å². The zero-order valence-electron chi connectivity index (χ0n) is 14.1. The highest BCUT2D eigenvalue weighted by Gasteiger charge is 2.21. The van der Waals surface area contributed by atoms with Crippen molar-refractivity contribution in [2.75, 3.05) is 33.9 Å². The maximum atomic E-state index is 5.66. The molecule has 1 fully saturated rings. The van der Waals surface area contributed by atoms with E-state index in [0.717, 1.165) is 43.1 Å². The van der Waals surface area contributed by atoms with E-state index >= 15 is 0 Å². The standard InChI is InChI=1S/C16H28N4O2/c1-12(2)15-9-14(22-19-15)10-18-16(17-3)20(4)7-8-21-11-13-5-6-13/h9,12-13H,5-8,10-11H2,1-4H3,(H,17,18). The molecule has 1 aromatic heterocycles. The molecule has 2 rings (SSSR count). The Morgan fingerprint density at radius 3 is 2.91 bits per heavy atom. The number of rotatable bonds is 8. The number of likely N-dealkylation sites (N-methyl/N-ethyl adjacent to an activating group) is 1. The van der Waals surface area contributed by atoms with Crippen LogP contribution in [0, 0.1) is 5.92 Å². The van der Waals surface area contributed by atoms with Gasteiger partial charge >= 0.3 is 0 Å². The van der Waals surface area contributed by atoms with E-state index in [-0.39, 0.29) is 0 Å². The zero-order valence-corrected chi connectivity index (χ0v) is 14.1. The second-order valence-electron chi connectivity index (χ2n) is 6.21. The molecule has 1 aliphatic carbocycles. The predicted octanol–water partition coefficient (Wildman–Crippen LogP) is 2.23. The molecule has 0 spiro atoms. The molecule has 6 heteroatoms. The van der Waals surface area contributed by atoms with Crippen LogP contribution in [0.5, 0.6) is 0 Å². The Hall–Kier alpha value is -1.56. The first-order valence-corrected chi connectivity index (χ1v) is 8.05. The molecular formula is C16H28N4O2. The van der Waals surface area contributed by atoms with Gasteiger partial charge in [0.1, 0.15) is 0 Å². The lowest BCUT2D eigenvalue weighted by Crippen LogP contribution is -2.40. The summed E-state index contributed by atoms with van der Waals surface area (Å²) in [6.45, 7) is 7.23. The largest absolute Gasteiger partial charge is 0.379 e. The molecule has 0 aliphatic heterocycles. The van der Waals surface area contributed by atoms with E-state index in [0.29, 0.717) is 12.5 Å². The summed E-state index contributed by atoms with van der Waals surface area (Å²) < 4.78 is 11.0. The second-order valence-corrected chi connectivity index (χ2v) is 6.21. The first kappa shape index (κ1) is 16.8. The van der Waals surface area contributed by atoms with Crippen LogP contribution in [0.15, 0.2) is 15.6 Å². The average Bonchev–Trinajstić information content (AvgIpc) is 3.19. The van der Waals surface area contributed by atoms with Crippen molar-refractivity contribution in [1.82, 2.24) is 15.4 Å². The lowest BCUT2D eigenvalue weighted by atomic mass is 10.1. The summed E-state index contributed by atoms with van der Waals surface area (Å²) in [7, 11) is 3.79. The summed E-state index contributed by atoms with van der Waals surface area (Å²) in [5.41, 5.74) is 0.980. The summed E-state index contributed by atoms with van der Waals surface area (Å²) in [5.74, 6) is 2.84. The SMILES string of the molecule is CN=C(NCc1cc(C(C)C)no1)N(C)CCOCC1CC1. The minimum Gasteiger partial charge on any atom is -0.379 e. The molecule has 0 unspecified atom stereocenters. The van der Waals surface area contributed by atoms with Gasteiger partial charge in [0.2, 0.25) is 0 Å². The molecule has 1 saturated carbocycles. The minimum absolute atomic E-state index is 0.378. The maximum absolute atomic E-state index is 5.66. The number of guanidine groups is 1. The van der Waals surface area contributed by atoms with E-state index < -0.39 is 0 Å². The molecule has 0 bridgehead atoms. The highest BCUT2D eigenvalue weighted by molar-refractivity contribution is 5.79. The zero-order chi connectivity index (χ0) is 15.9. The molecule has 1 N–H and O–H groups in total. The van der Waals surface area contributed by atoms with Crippen LogP contribution in [0.4, 0.5) is 0 Å². The number of aliphatic imine (C=N–C) groups is 1. The van der Waals surface area contributed by atoms with Crippen LogP contribution in [0.3, 0.4) is 0 Å². The molecule has 0 amide bonds. The summed E-state index contributed by atoms with van der Waals surface area (Å²) in [6, 6.07) is 1.99. The number of ether oxygens (including phenoxy) is 1. The van der Waals surface area contributed by atoms with E-state index in [1.807, 2.05) is 13.1 Å². The molecule has 0 atom stereocenters. The Morgan fingerprint density at radius 2 is 2.32 bits per heavy atom. The fourth-order valence-electron chi connectivity index (χ4n) is 2.08. The van der Waals surface area contributed by atoms with E-state index in [1.165, 1.54) is 12.8 Å². The van der Waals surface area contributed by atoms with Gasteiger partial charge < -0.3 is 19.5 Å². The average molecular weight is 308 g/mol. The molecule has 124 valence electrons. The maximum Gasteiger partial charge on any atom is 0.193 e. The van der Waals surface area contributed by atoms with Gasteiger partial charge in [-0.2, -0.15) is 0 Å². The third-order valence-corrected chi connectivity index (χ3v) is 3.78. The quantitative estimate of drug-likeness (QED) is 0.453. The van der Waals surface area contributed by atoms with Crippen LogP contribution in [-0.2, 0) is 11.3 Å². The highest BCUT2D eigenvalue weighted by Crippen LogP contribution is 2.28. The lowest BCUT2D eigenvalue weighted by Gasteiger charge is -2.21. The van der Waals surface area contributed by atoms with Gasteiger partial charge in [0.25, 0.3) is 0 Å². The minimum atomic E-state index is 0.378. The van der Waals surface area contributed by atoms with Gasteiger partial charge in [-0.3, -0.25) is 4.99 Å². The Balaban J connectivity index is 1.70. The van der Waals surface area contributed by atoms with E-state index in [9.17, 15) is 0 Å². The smallest absolute Gasteiger partial charge is 0.193 e. The molecule has 0 aromatic carbocycles. The number of aromatic nitrogens is 1. The molecule has 0 radical (unpaired) electrons. The fraction of sp³-hybridized carbons (Fsp3) is 0.750. The fourth-order valence-corrected chi connectivity index (χ4v) is 2.08. The third-order valence-electron chi connectivity index (χ3n) is 3.78. The molecule has 6 nitrogen and oxygen atoms in total. The Kier molecular flexibility index (Phi) is 6.24. The number of hydrogen-bond acceptors (Lipinski definition) is 4. The first-order chi connectivity index (χ1) is 10.6. The van der Waals surface area contributed by atoms with Gasteiger partial charge in [-0.15, -0.1) is 0 Å². The van der Waals surface area contributed by atoms with Crippen molar-refractivity contribution in [2.45, 2.75) is 39.2 Å². The van der Waals surface area contributed by atoms with E-state index in [1.54, 1.807) is 7.05 Å². The van der Waals surface area contributed by atoms with Crippen molar-refractivity contribution in [3.8, 4) is 0 Å². The number of nitrogens with one attached hydrogen (secondary N) is 1. The Bertz CT molecular complexity index is 480. The third kappa shape index (κ3) is 5.33. The Morgan fingerprint density at radius 1 is 1.55 bits per heavy atom. The second kappa shape index (κ2) is 8.17. The predicted molar refractivity (Wildman–Crippen MR) is 87.0 cm³/mol. The topological polar surface area (TPSA) is 62.9 Å². The monoisotopic (exact) mass is 308 g/mol. The summed E-state index contributed by atoms with van der Waals surface area (Å²) >= 11 is 0. The van der Waals surface area contributed by atoms with Crippen molar-refractivity contribution in [2.24, 2.45) is 10.9 Å². The van der Waals surface area contributed by atoms with Gasteiger partial charge in [0.15, 0.2) is 11.7 Å². The van der Waals surface area contributed by atoms with Crippen molar-refractivity contribution in [3.63, 3.8) is 0 Å². The first-order valence-electron chi connectivity index (χ1n) is 8.05. The van der Waals surface area contributed by atoms with Gasteiger partial charge in [-0.25, -0.2) is 0 Å². The van der Waals surface area contributed by atoms with Gasteiger partial charge in [-0.1, -0.05) is 19.0 Å². The van der Waals surface area contributed by atoms with Crippen LogP contribution in [0.2, 0.25) is 0 Å².